The van der Waals surface area contributed by atoms with Gasteiger partial charge in [-0.05, 0) is 35.9 Å². The molecule has 2 aromatic carbocycles. The SMILES string of the molecule is COc1cc2c(cc1OC)-c1nn([C@H]3O[C@@H](C(=O)O)[C@H](O)[C@@H](O)[C@@H]3O)c(Nc3cccc(F)c3)c1C2. The van der Waals surface area contributed by atoms with Crippen molar-refractivity contribution in [2.24, 2.45) is 0 Å². The maximum Gasteiger partial charge on any atom is 0.335 e. The summed E-state index contributed by atoms with van der Waals surface area (Å²) >= 11 is 0. The predicted molar refractivity (Wildman–Crippen MR) is 123 cm³/mol. The number of rotatable bonds is 6. The Hall–Kier alpha value is -3.71. The summed E-state index contributed by atoms with van der Waals surface area (Å²) in [5.74, 6) is -0.710. The molecule has 3 aromatic rings. The molecule has 1 saturated heterocycles. The molecular weight excluding hydrogens is 477 g/mol. The van der Waals surface area contributed by atoms with Gasteiger partial charge in [-0.25, -0.2) is 13.9 Å². The molecule has 5 atom stereocenters. The lowest BCUT2D eigenvalue weighted by molar-refractivity contribution is -0.248. The highest BCUT2D eigenvalue weighted by atomic mass is 19.1. The topological polar surface area (TPSA) is 156 Å². The number of benzene rings is 2. The quantitative estimate of drug-likeness (QED) is 0.262. The van der Waals surface area contributed by atoms with Gasteiger partial charge in [0.1, 0.15) is 29.9 Å². The van der Waals surface area contributed by atoms with Crippen molar-refractivity contribution in [3.8, 4) is 22.8 Å². The van der Waals surface area contributed by atoms with Gasteiger partial charge in [0.15, 0.2) is 23.8 Å². The third-order valence-electron chi connectivity index (χ3n) is 6.40. The first kappa shape index (κ1) is 24.0. The number of carboxylic acid groups (broad SMARTS) is 1. The van der Waals surface area contributed by atoms with E-state index in [1.807, 2.05) is 6.07 Å². The van der Waals surface area contributed by atoms with Crippen molar-refractivity contribution >= 4 is 17.5 Å². The Morgan fingerprint density at radius 1 is 1.11 bits per heavy atom. The number of aliphatic hydroxyl groups is 3. The number of carbonyl (C=O) groups is 1. The van der Waals surface area contributed by atoms with Gasteiger partial charge in [0.05, 0.1) is 19.9 Å². The van der Waals surface area contributed by atoms with Crippen LogP contribution < -0.4 is 14.8 Å². The zero-order valence-corrected chi connectivity index (χ0v) is 19.3. The van der Waals surface area contributed by atoms with E-state index < -0.39 is 42.4 Å². The fourth-order valence-corrected chi connectivity index (χ4v) is 4.62. The van der Waals surface area contributed by atoms with Gasteiger partial charge in [0.25, 0.3) is 0 Å². The first-order valence-electron chi connectivity index (χ1n) is 11.0. The smallest absolute Gasteiger partial charge is 0.335 e. The van der Waals surface area contributed by atoms with Gasteiger partial charge in [-0.15, -0.1) is 0 Å². The van der Waals surface area contributed by atoms with Crippen molar-refractivity contribution in [3.05, 3.63) is 53.3 Å². The fraction of sp³-hybridized carbons (Fsp3) is 0.333. The molecule has 11 nitrogen and oxygen atoms in total. The Morgan fingerprint density at radius 2 is 1.83 bits per heavy atom. The number of anilines is 2. The van der Waals surface area contributed by atoms with E-state index in [0.717, 1.165) is 5.56 Å². The van der Waals surface area contributed by atoms with Gasteiger partial charge in [0, 0.05) is 23.2 Å². The minimum Gasteiger partial charge on any atom is -0.493 e. The van der Waals surface area contributed by atoms with E-state index in [1.165, 1.54) is 37.1 Å². The van der Waals surface area contributed by atoms with Crippen LogP contribution in [0.3, 0.4) is 0 Å². The molecule has 12 heteroatoms. The first-order chi connectivity index (χ1) is 17.2. The summed E-state index contributed by atoms with van der Waals surface area (Å²) in [5.41, 5.74) is 3.11. The van der Waals surface area contributed by atoms with Crippen LogP contribution in [0.25, 0.3) is 11.3 Å². The Labute approximate surface area is 204 Å². The van der Waals surface area contributed by atoms with E-state index in [-0.39, 0.29) is 0 Å². The minimum atomic E-state index is -1.85. The lowest BCUT2D eigenvalue weighted by atomic mass is 9.98. The number of ether oxygens (including phenoxy) is 3. The molecule has 2 aliphatic rings. The molecule has 1 aromatic heterocycles. The van der Waals surface area contributed by atoms with Crippen molar-refractivity contribution in [1.29, 1.82) is 0 Å². The largest absolute Gasteiger partial charge is 0.493 e. The van der Waals surface area contributed by atoms with E-state index in [9.17, 15) is 29.6 Å². The minimum absolute atomic E-state index is 0.293. The van der Waals surface area contributed by atoms with Crippen LogP contribution in [-0.4, -0.2) is 74.8 Å². The molecular formula is C24H24FN3O8. The molecule has 1 fully saturated rings. The van der Waals surface area contributed by atoms with E-state index in [2.05, 4.69) is 10.4 Å². The summed E-state index contributed by atoms with van der Waals surface area (Å²) in [6, 6.07) is 9.24. The molecule has 5 rings (SSSR count). The number of fused-ring (bicyclic) bond motifs is 3. The van der Waals surface area contributed by atoms with E-state index >= 15 is 0 Å². The molecule has 0 bridgehead atoms. The summed E-state index contributed by atoms with van der Waals surface area (Å²) in [5, 5.41) is 48.4. The van der Waals surface area contributed by atoms with Gasteiger partial charge in [-0.3, -0.25) is 0 Å². The zero-order valence-electron chi connectivity index (χ0n) is 19.3. The van der Waals surface area contributed by atoms with Crippen molar-refractivity contribution < 1.29 is 43.8 Å². The van der Waals surface area contributed by atoms with Crippen LogP contribution in [0.4, 0.5) is 15.9 Å². The third kappa shape index (κ3) is 3.84. The highest BCUT2D eigenvalue weighted by molar-refractivity contribution is 5.82. The number of aliphatic carboxylic acids is 1. The Morgan fingerprint density at radius 3 is 2.50 bits per heavy atom. The maximum absolute atomic E-state index is 13.9. The number of halogens is 1. The highest BCUT2D eigenvalue weighted by Gasteiger charge is 2.49. The molecule has 5 N–H and O–H groups in total. The number of methoxy groups -OCH3 is 2. The lowest BCUT2D eigenvalue weighted by Gasteiger charge is -2.39. The second-order valence-electron chi connectivity index (χ2n) is 8.55. The predicted octanol–water partition coefficient (Wildman–Crippen LogP) is 1.42. The normalized spacial score (nSPS) is 24.7. The van der Waals surface area contributed by atoms with Crippen molar-refractivity contribution in [2.45, 2.75) is 37.1 Å². The number of nitrogens with one attached hydrogen (secondary N) is 1. The summed E-state index contributed by atoms with van der Waals surface area (Å²) < 4.78 is 31.5. The summed E-state index contributed by atoms with van der Waals surface area (Å²) in [6.45, 7) is 0. The molecule has 0 spiro atoms. The van der Waals surface area contributed by atoms with Gasteiger partial charge in [0.2, 0.25) is 0 Å². The Kier molecular flexibility index (Phi) is 6.04. The van der Waals surface area contributed by atoms with Gasteiger partial charge >= 0.3 is 5.97 Å². The van der Waals surface area contributed by atoms with Crippen LogP contribution in [0.5, 0.6) is 11.5 Å². The third-order valence-corrected chi connectivity index (χ3v) is 6.40. The molecule has 1 aliphatic heterocycles. The average molecular weight is 501 g/mol. The van der Waals surface area contributed by atoms with Gasteiger partial charge < -0.3 is 40.0 Å². The van der Waals surface area contributed by atoms with E-state index in [1.54, 1.807) is 12.1 Å². The molecule has 190 valence electrons. The van der Waals surface area contributed by atoms with Gasteiger partial charge in [-0.2, -0.15) is 5.10 Å². The summed E-state index contributed by atoms with van der Waals surface area (Å²) in [7, 11) is 3.02. The maximum atomic E-state index is 13.9. The first-order valence-corrected chi connectivity index (χ1v) is 11.0. The second kappa shape index (κ2) is 9.06. The number of carboxylic acids is 1. The van der Waals surface area contributed by atoms with Gasteiger partial charge in [-0.1, -0.05) is 6.07 Å². The average Bonchev–Trinajstić information content (AvgIpc) is 3.37. The van der Waals surface area contributed by atoms with Crippen molar-refractivity contribution in [1.82, 2.24) is 9.78 Å². The van der Waals surface area contributed by atoms with Crippen LogP contribution in [0.15, 0.2) is 36.4 Å². The number of nitrogens with zero attached hydrogens (tertiary/aromatic N) is 2. The zero-order chi connectivity index (χ0) is 25.7. The van der Waals surface area contributed by atoms with E-state index in [4.69, 9.17) is 14.2 Å². The summed E-state index contributed by atoms with van der Waals surface area (Å²) in [6.07, 6.45) is -8.30. The number of hydrogen-bond acceptors (Lipinski definition) is 9. The Bertz CT molecular complexity index is 1330. The van der Waals surface area contributed by atoms with Crippen LogP contribution in [0, 0.1) is 5.82 Å². The number of aliphatic hydroxyl groups excluding tert-OH is 3. The van der Waals surface area contributed by atoms with E-state index in [0.29, 0.717) is 46.2 Å². The molecule has 0 amide bonds. The standard InChI is InChI=1S/C24H24FN3O8/c1-34-15-7-10-6-14-17(13(10)9-16(15)35-2)27-28(22(14)26-12-5-3-4-11(25)8-12)23-20(31)18(29)19(30)21(36-23)24(32)33/h3-5,7-9,18-21,23,26,29-31H,6H2,1-2H3,(H,32,33)/t18-,19-,20+,21-,23+/m1/s1. The molecule has 0 radical (unpaired) electrons. The molecule has 2 heterocycles. The van der Waals surface area contributed by atoms with Crippen LogP contribution in [0.1, 0.15) is 17.4 Å². The fourth-order valence-electron chi connectivity index (χ4n) is 4.62. The molecule has 36 heavy (non-hydrogen) atoms. The molecule has 0 saturated carbocycles. The van der Waals surface area contributed by atoms with Crippen LogP contribution in [-0.2, 0) is 16.0 Å². The molecule has 1 aliphatic carbocycles. The molecule has 0 unspecified atom stereocenters. The highest BCUT2D eigenvalue weighted by Crippen LogP contribution is 2.46. The monoisotopic (exact) mass is 501 g/mol. The number of aromatic nitrogens is 2. The second-order valence-corrected chi connectivity index (χ2v) is 8.55. The van der Waals surface area contributed by atoms with Crippen molar-refractivity contribution in [2.75, 3.05) is 19.5 Å². The summed E-state index contributed by atoms with van der Waals surface area (Å²) in [4.78, 5) is 11.7. The Balaban J connectivity index is 1.65. The lowest BCUT2D eigenvalue weighted by Crippen LogP contribution is -2.58. The number of hydrogen-bond donors (Lipinski definition) is 5. The van der Waals surface area contributed by atoms with Crippen molar-refractivity contribution in [3.63, 3.8) is 0 Å². The van der Waals surface area contributed by atoms with Crippen LogP contribution in [0.2, 0.25) is 0 Å². The van der Waals surface area contributed by atoms with Crippen LogP contribution >= 0.6 is 0 Å².